The molecule has 23 heavy (non-hydrogen) atoms. The molecule has 130 valence electrons. The second-order valence-electron chi connectivity index (χ2n) is 6.14. The molecule has 0 spiro atoms. The Morgan fingerprint density at radius 2 is 1.87 bits per heavy atom. The summed E-state index contributed by atoms with van der Waals surface area (Å²) < 4.78 is 49.6. The summed E-state index contributed by atoms with van der Waals surface area (Å²) in [5.41, 5.74) is 0. The van der Waals surface area contributed by atoms with Crippen molar-refractivity contribution in [1.82, 2.24) is 5.32 Å². The van der Waals surface area contributed by atoms with E-state index in [-0.39, 0.29) is 32.4 Å². The van der Waals surface area contributed by atoms with Crippen LogP contribution in [0.15, 0.2) is 23.1 Å². The number of hydrogen-bond donors (Lipinski definition) is 1. The normalized spacial score (nSPS) is 24.2. The van der Waals surface area contributed by atoms with Gasteiger partial charge in [0.15, 0.2) is 19.7 Å². The van der Waals surface area contributed by atoms with Gasteiger partial charge in [0.2, 0.25) is 0 Å². The fourth-order valence-electron chi connectivity index (χ4n) is 2.53. The molecular formula is C14H19Cl2NO4S2. The van der Waals surface area contributed by atoms with Gasteiger partial charge in [-0.1, -0.05) is 37.0 Å². The Bertz CT molecular complexity index is 791. The van der Waals surface area contributed by atoms with Crippen LogP contribution in [0, 0.1) is 5.92 Å². The van der Waals surface area contributed by atoms with E-state index in [1.54, 1.807) is 0 Å². The van der Waals surface area contributed by atoms with Crippen LogP contribution in [0.2, 0.25) is 10.0 Å². The van der Waals surface area contributed by atoms with Gasteiger partial charge < -0.3 is 5.32 Å². The third-order valence-corrected chi connectivity index (χ3v) is 8.59. The molecule has 0 aromatic heterocycles. The highest BCUT2D eigenvalue weighted by Crippen LogP contribution is 2.30. The van der Waals surface area contributed by atoms with Crippen LogP contribution < -0.4 is 5.32 Å². The van der Waals surface area contributed by atoms with Gasteiger partial charge >= 0.3 is 0 Å². The summed E-state index contributed by atoms with van der Waals surface area (Å²) in [5.74, 6) is -0.275. The van der Waals surface area contributed by atoms with Crippen molar-refractivity contribution in [3.8, 4) is 0 Å². The minimum absolute atomic E-state index is 0.00894. The Kier molecular flexibility index (Phi) is 5.68. The van der Waals surface area contributed by atoms with Gasteiger partial charge in [-0.2, -0.15) is 0 Å². The summed E-state index contributed by atoms with van der Waals surface area (Å²) in [7, 11) is -7.23. The molecule has 1 heterocycles. The first kappa shape index (κ1) is 19.0. The van der Waals surface area contributed by atoms with Crippen LogP contribution >= 0.6 is 23.2 Å². The standard InChI is InChI=1S/C14H19Cl2NO4S2/c1-9(2)6-17-13-7-22(18,19)8-14(13)23(20,21)10-3-4-11(15)12(16)5-10/h3-5,9,13-14,17H,6-8H2,1-2H3/t13-,14-/m0/s1. The molecule has 1 fully saturated rings. The molecule has 2 atom stereocenters. The molecule has 0 saturated carbocycles. The lowest BCUT2D eigenvalue weighted by Gasteiger charge is -2.21. The molecule has 9 heteroatoms. The fraction of sp³-hybridized carbons (Fsp3) is 0.571. The summed E-state index contributed by atoms with van der Waals surface area (Å²) in [5, 5.41) is 2.42. The zero-order valence-corrected chi connectivity index (χ0v) is 15.9. The smallest absolute Gasteiger partial charge is 0.183 e. The highest BCUT2D eigenvalue weighted by atomic mass is 35.5. The zero-order chi connectivity index (χ0) is 17.4. The Morgan fingerprint density at radius 1 is 1.22 bits per heavy atom. The number of nitrogens with one attached hydrogen (secondary N) is 1. The average Bonchev–Trinajstić information content (AvgIpc) is 2.75. The predicted molar refractivity (Wildman–Crippen MR) is 92.7 cm³/mol. The van der Waals surface area contributed by atoms with Gasteiger partial charge in [-0.3, -0.25) is 0 Å². The van der Waals surface area contributed by atoms with Crippen LogP contribution in [-0.4, -0.2) is 46.2 Å². The molecule has 1 aromatic carbocycles. The van der Waals surface area contributed by atoms with E-state index in [1.807, 2.05) is 13.8 Å². The first-order valence-electron chi connectivity index (χ1n) is 7.15. The molecule has 2 rings (SSSR count). The molecular weight excluding hydrogens is 381 g/mol. The van der Waals surface area contributed by atoms with E-state index in [1.165, 1.54) is 18.2 Å². The molecule has 1 aliphatic heterocycles. The van der Waals surface area contributed by atoms with Crippen LogP contribution in [0.5, 0.6) is 0 Å². The van der Waals surface area contributed by atoms with Crippen LogP contribution in [-0.2, 0) is 19.7 Å². The fourth-order valence-corrected chi connectivity index (χ4v) is 7.63. The first-order valence-corrected chi connectivity index (χ1v) is 11.3. The largest absolute Gasteiger partial charge is 0.311 e. The molecule has 0 aliphatic carbocycles. The average molecular weight is 400 g/mol. The van der Waals surface area contributed by atoms with E-state index < -0.39 is 31.0 Å². The molecule has 0 bridgehead atoms. The third kappa shape index (κ3) is 4.39. The molecule has 1 aromatic rings. The lowest BCUT2D eigenvalue weighted by molar-refractivity contribution is 0.480. The van der Waals surface area contributed by atoms with E-state index in [4.69, 9.17) is 23.2 Å². The summed E-state index contributed by atoms with van der Waals surface area (Å²) in [6, 6.07) is 3.40. The highest BCUT2D eigenvalue weighted by Gasteiger charge is 2.45. The first-order chi connectivity index (χ1) is 10.5. The zero-order valence-electron chi connectivity index (χ0n) is 12.8. The number of sulfone groups is 2. The molecule has 5 nitrogen and oxygen atoms in total. The number of rotatable bonds is 5. The van der Waals surface area contributed by atoms with Gasteiger partial charge in [-0.15, -0.1) is 0 Å². The van der Waals surface area contributed by atoms with Crippen molar-refractivity contribution in [3.05, 3.63) is 28.2 Å². The molecule has 0 radical (unpaired) electrons. The van der Waals surface area contributed by atoms with Gasteiger partial charge in [0.05, 0.1) is 31.7 Å². The van der Waals surface area contributed by atoms with Gasteiger partial charge in [0.1, 0.15) is 0 Å². The maximum absolute atomic E-state index is 12.8. The number of hydrogen-bond acceptors (Lipinski definition) is 5. The molecule has 0 unspecified atom stereocenters. The van der Waals surface area contributed by atoms with E-state index in [0.29, 0.717) is 6.54 Å². The van der Waals surface area contributed by atoms with E-state index >= 15 is 0 Å². The van der Waals surface area contributed by atoms with Crippen molar-refractivity contribution >= 4 is 42.9 Å². The minimum Gasteiger partial charge on any atom is -0.311 e. The van der Waals surface area contributed by atoms with Gasteiger partial charge in [0, 0.05) is 6.04 Å². The van der Waals surface area contributed by atoms with Crippen molar-refractivity contribution in [2.24, 2.45) is 5.92 Å². The van der Waals surface area contributed by atoms with Crippen molar-refractivity contribution in [1.29, 1.82) is 0 Å². The maximum Gasteiger partial charge on any atom is 0.183 e. The molecule has 0 amide bonds. The van der Waals surface area contributed by atoms with E-state index in [9.17, 15) is 16.8 Å². The summed E-state index contributed by atoms with van der Waals surface area (Å²) >= 11 is 11.7. The lowest BCUT2D eigenvalue weighted by Crippen LogP contribution is -2.44. The number of halogens is 2. The van der Waals surface area contributed by atoms with Gasteiger partial charge in [-0.25, -0.2) is 16.8 Å². The second-order valence-corrected chi connectivity index (χ2v) is 11.3. The van der Waals surface area contributed by atoms with Crippen LogP contribution in [0.3, 0.4) is 0 Å². The Labute approximate surface area is 147 Å². The quantitative estimate of drug-likeness (QED) is 0.820. The summed E-state index contributed by atoms with van der Waals surface area (Å²) in [6.07, 6.45) is 0. The minimum atomic E-state index is -3.83. The van der Waals surface area contributed by atoms with Crippen LogP contribution in [0.25, 0.3) is 0 Å². The highest BCUT2D eigenvalue weighted by molar-refractivity contribution is 7.96. The third-order valence-electron chi connectivity index (χ3n) is 3.71. The molecule has 1 aliphatic rings. The van der Waals surface area contributed by atoms with Crippen LogP contribution in [0.4, 0.5) is 0 Å². The van der Waals surface area contributed by atoms with E-state index in [0.717, 1.165) is 0 Å². The maximum atomic E-state index is 12.8. The summed E-state index contributed by atoms with van der Waals surface area (Å²) in [4.78, 5) is -0.00894. The Hall–Kier alpha value is -0.340. The second kappa shape index (κ2) is 6.88. The van der Waals surface area contributed by atoms with Crippen molar-refractivity contribution < 1.29 is 16.8 Å². The monoisotopic (exact) mass is 399 g/mol. The van der Waals surface area contributed by atoms with Crippen molar-refractivity contribution in [2.45, 2.75) is 30.0 Å². The topological polar surface area (TPSA) is 80.3 Å². The van der Waals surface area contributed by atoms with Crippen molar-refractivity contribution in [2.75, 3.05) is 18.1 Å². The van der Waals surface area contributed by atoms with Crippen LogP contribution in [0.1, 0.15) is 13.8 Å². The van der Waals surface area contributed by atoms with Crippen molar-refractivity contribution in [3.63, 3.8) is 0 Å². The van der Waals surface area contributed by atoms with Gasteiger partial charge in [0.25, 0.3) is 0 Å². The Balaban J connectivity index is 2.36. The van der Waals surface area contributed by atoms with Gasteiger partial charge in [-0.05, 0) is 30.7 Å². The molecule has 1 saturated heterocycles. The molecule has 1 N–H and O–H groups in total. The lowest BCUT2D eigenvalue weighted by atomic mass is 10.2. The Morgan fingerprint density at radius 3 is 2.43 bits per heavy atom. The predicted octanol–water partition coefficient (Wildman–Crippen LogP) is 2.18. The van der Waals surface area contributed by atoms with E-state index in [2.05, 4.69) is 5.32 Å². The SMILES string of the molecule is CC(C)CN[C@H]1CS(=O)(=O)C[C@@H]1S(=O)(=O)c1ccc(Cl)c(Cl)c1. The number of benzene rings is 1. The summed E-state index contributed by atoms with van der Waals surface area (Å²) in [6.45, 7) is 4.49.